The molecule has 0 saturated carbocycles. The van der Waals surface area contributed by atoms with E-state index in [9.17, 15) is 0 Å². The van der Waals surface area contributed by atoms with E-state index in [1.807, 2.05) is 22.7 Å². The average Bonchev–Trinajstić information content (AvgIpc) is 3.48. The highest BCUT2D eigenvalue weighted by molar-refractivity contribution is 7.19. The molecule has 0 spiro atoms. The first-order valence-corrected chi connectivity index (χ1v) is 13.7. The van der Waals surface area contributed by atoms with Gasteiger partial charge in [-0.2, -0.15) is 0 Å². The monoisotopic (exact) mass is 476 g/mol. The van der Waals surface area contributed by atoms with E-state index >= 15 is 0 Å². The number of hydrogen-bond donors (Lipinski definition) is 0. The first kappa shape index (κ1) is 21.6. The van der Waals surface area contributed by atoms with Gasteiger partial charge in [-0.15, -0.1) is 22.7 Å². The lowest BCUT2D eigenvalue weighted by atomic mass is 9.97. The number of thiophene rings is 2. The Hall–Kier alpha value is -2.94. The molecule has 0 N–H and O–H groups in total. The standard InChI is InChI=1S/C32H28S2/c1-21-29-19-26-18-28(16-14-24-11-7-4-8-12-24)34-32(26)22(2)30(29)20-25-17-27(33-31(21)25)15-13-23-9-5-3-6-10-23/h3-12,17-20H,13-16H2,1-2H3. The molecule has 0 bridgehead atoms. The third-order valence-corrected chi connectivity index (χ3v) is 9.67. The average molecular weight is 477 g/mol. The normalized spacial score (nSPS) is 11.7. The van der Waals surface area contributed by atoms with Crippen molar-refractivity contribution in [3.05, 3.63) is 117 Å². The van der Waals surface area contributed by atoms with Crippen molar-refractivity contribution in [1.29, 1.82) is 0 Å². The number of fused-ring (bicyclic) bond motifs is 3. The predicted molar refractivity (Wildman–Crippen MR) is 152 cm³/mol. The Morgan fingerprint density at radius 2 is 0.912 bits per heavy atom. The summed E-state index contributed by atoms with van der Waals surface area (Å²) in [6, 6.07) is 31.4. The molecule has 2 aromatic heterocycles. The Bertz CT molecular complexity index is 1480. The minimum atomic E-state index is 1.10. The van der Waals surface area contributed by atoms with Gasteiger partial charge in [0.2, 0.25) is 0 Å². The number of hydrogen-bond acceptors (Lipinski definition) is 2. The van der Waals surface area contributed by atoms with Crippen LogP contribution in [0, 0.1) is 13.8 Å². The van der Waals surface area contributed by atoms with Gasteiger partial charge >= 0.3 is 0 Å². The van der Waals surface area contributed by atoms with E-state index in [0.717, 1.165) is 25.7 Å². The summed E-state index contributed by atoms with van der Waals surface area (Å²) in [5.74, 6) is 0. The third kappa shape index (κ3) is 4.06. The lowest BCUT2D eigenvalue weighted by Crippen LogP contribution is -1.87. The van der Waals surface area contributed by atoms with E-state index in [0.29, 0.717) is 0 Å². The number of aryl methyl sites for hydroxylation is 6. The minimum absolute atomic E-state index is 1.10. The molecule has 6 aromatic rings. The molecule has 0 nitrogen and oxygen atoms in total. The van der Waals surface area contributed by atoms with Gasteiger partial charge in [-0.05, 0) is 108 Å². The molecule has 0 unspecified atom stereocenters. The van der Waals surface area contributed by atoms with Crippen molar-refractivity contribution in [1.82, 2.24) is 0 Å². The Kier molecular flexibility index (Phi) is 5.72. The van der Waals surface area contributed by atoms with Gasteiger partial charge in [0.1, 0.15) is 0 Å². The van der Waals surface area contributed by atoms with Crippen LogP contribution in [0.1, 0.15) is 32.0 Å². The Labute approximate surface area is 209 Å². The van der Waals surface area contributed by atoms with Gasteiger partial charge in [0.25, 0.3) is 0 Å². The quantitative estimate of drug-likeness (QED) is 0.224. The molecule has 168 valence electrons. The summed E-state index contributed by atoms with van der Waals surface area (Å²) in [6.45, 7) is 4.63. The molecule has 2 heteroatoms. The van der Waals surface area contributed by atoms with Crippen molar-refractivity contribution < 1.29 is 0 Å². The Morgan fingerprint density at radius 3 is 1.32 bits per heavy atom. The van der Waals surface area contributed by atoms with Gasteiger partial charge in [0, 0.05) is 19.2 Å². The maximum atomic E-state index is 2.44. The molecule has 0 amide bonds. The smallest absolute Gasteiger partial charge is 0.0381 e. The lowest BCUT2D eigenvalue weighted by molar-refractivity contribution is 0.982. The fraction of sp³-hybridized carbons (Fsp3) is 0.188. The first-order chi connectivity index (χ1) is 16.7. The molecular formula is C32H28S2. The zero-order chi connectivity index (χ0) is 23.1. The van der Waals surface area contributed by atoms with E-state index in [1.54, 1.807) is 0 Å². The van der Waals surface area contributed by atoms with E-state index in [2.05, 4.69) is 98.8 Å². The summed E-state index contributed by atoms with van der Waals surface area (Å²) >= 11 is 3.97. The molecule has 0 atom stereocenters. The maximum absolute atomic E-state index is 2.44. The number of rotatable bonds is 6. The first-order valence-electron chi connectivity index (χ1n) is 12.1. The van der Waals surface area contributed by atoms with Crippen molar-refractivity contribution >= 4 is 53.6 Å². The van der Waals surface area contributed by atoms with Crippen LogP contribution >= 0.6 is 22.7 Å². The van der Waals surface area contributed by atoms with Crippen LogP contribution in [0.3, 0.4) is 0 Å². The van der Waals surface area contributed by atoms with Crippen LogP contribution in [0.5, 0.6) is 0 Å². The summed E-state index contributed by atoms with van der Waals surface area (Å²) in [4.78, 5) is 2.97. The van der Waals surface area contributed by atoms with E-state index in [4.69, 9.17) is 0 Å². The molecule has 0 aliphatic rings. The second-order valence-electron chi connectivity index (χ2n) is 9.33. The SMILES string of the molecule is Cc1c2cc3cc(CCc4ccccc4)sc3c(C)c2cc2cc(CCc3ccccc3)sc12. The maximum Gasteiger partial charge on any atom is 0.0381 e. The zero-order valence-corrected chi connectivity index (χ0v) is 21.4. The summed E-state index contributed by atoms with van der Waals surface area (Å²) in [5, 5.41) is 5.64. The molecular weight excluding hydrogens is 448 g/mol. The summed E-state index contributed by atoms with van der Waals surface area (Å²) in [5.41, 5.74) is 5.71. The van der Waals surface area contributed by atoms with Crippen molar-refractivity contribution in [2.45, 2.75) is 39.5 Å². The van der Waals surface area contributed by atoms with Crippen LogP contribution in [0.4, 0.5) is 0 Å². The molecule has 0 aliphatic carbocycles. The highest BCUT2D eigenvalue weighted by Gasteiger charge is 2.14. The molecule has 4 aromatic carbocycles. The van der Waals surface area contributed by atoms with Gasteiger partial charge in [-0.3, -0.25) is 0 Å². The Morgan fingerprint density at radius 1 is 0.500 bits per heavy atom. The van der Waals surface area contributed by atoms with Crippen molar-refractivity contribution in [3.63, 3.8) is 0 Å². The largest absolute Gasteiger partial charge is 0.140 e. The summed E-state index contributed by atoms with van der Waals surface area (Å²) in [7, 11) is 0. The van der Waals surface area contributed by atoms with E-state index in [1.165, 1.54) is 63.0 Å². The van der Waals surface area contributed by atoms with Crippen LogP contribution in [0.15, 0.2) is 84.9 Å². The van der Waals surface area contributed by atoms with Gasteiger partial charge in [-0.25, -0.2) is 0 Å². The Balaban J connectivity index is 1.34. The molecule has 0 fully saturated rings. The third-order valence-electron chi connectivity index (χ3n) is 7.01. The van der Waals surface area contributed by atoms with Crippen LogP contribution in [0.25, 0.3) is 30.9 Å². The molecule has 6 rings (SSSR count). The van der Waals surface area contributed by atoms with Gasteiger partial charge in [0.05, 0.1) is 0 Å². The van der Waals surface area contributed by atoms with Crippen LogP contribution < -0.4 is 0 Å². The predicted octanol–water partition coefficient (Wildman–Crippen LogP) is 9.46. The van der Waals surface area contributed by atoms with Gasteiger partial charge in [-0.1, -0.05) is 60.7 Å². The molecule has 0 radical (unpaired) electrons. The second kappa shape index (κ2) is 9.02. The topological polar surface area (TPSA) is 0 Å². The van der Waals surface area contributed by atoms with Crippen molar-refractivity contribution in [2.75, 3.05) is 0 Å². The highest BCUT2D eigenvalue weighted by Crippen LogP contribution is 2.40. The fourth-order valence-corrected chi connectivity index (χ4v) is 7.42. The van der Waals surface area contributed by atoms with E-state index < -0.39 is 0 Å². The molecule has 2 heterocycles. The molecule has 34 heavy (non-hydrogen) atoms. The van der Waals surface area contributed by atoms with Crippen molar-refractivity contribution in [3.8, 4) is 0 Å². The highest BCUT2D eigenvalue weighted by atomic mass is 32.1. The second-order valence-corrected chi connectivity index (χ2v) is 11.6. The van der Waals surface area contributed by atoms with Gasteiger partial charge < -0.3 is 0 Å². The van der Waals surface area contributed by atoms with Crippen LogP contribution in [-0.2, 0) is 25.7 Å². The van der Waals surface area contributed by atoms with Crippen LogP contribution in [-0.4, -0.2) is 0 Å². The minimum Gasteiger partial charge on any atom is -0.140 e. The number of benzene rings is 4. The van der Waals surface area contributed by atoms with Crippen molar-refractivity contribution in [2.24, 2.45) is 0 Å². The lowest BCUT2D eigenvalue weighted by Gasteiger charge is -2.08. The van der Waals surface area contributed by atoms with E-state index in [-0.39, 0.29) is 0 Å². The summed E-state index contributed by atoms with van der Waals surface area (Å²) < 4.78 is 2.91. The van der Waals surface area contributed by atoms with Gasteiger partial charge in [0.15, 0.2) is 0 Å². The molecule has 0 aliphatic heterocycles. The zero-order valence-electron chi connectivity index (χ0n) is 19.7. The van der Waals surface area contributed by atoms with Crippen LogP contribution in [0.2, 0.25) is 0 Å². The summed E-state index contributed by atoms with van der Waals surface area (Å²) in [6.07, 6.45) is 4.43. The fourth-order valence-electron chi connectivity index (χ4n) is 5.12. The molecule has 0 saturated heterocycles.